The van der Waals surface area contributed by atoms with Crippen LogP contribution in [0.25, 0.3) is 0 Å². The van der Waals surface area contributed by atoms with Crippen LogP contribution >= 0.6 is 34.4 Å². The molecule has 53 heavy (non-hydrogen) atoms. The summed E-state index contributed by atoms with van der Waals surface area (Å²) in [5.41, 5.74) is 2.69. The van der Waals surface area contributed by atoms with Crippen molar-refractivity contribution >= 4 is 34.4 Å². The van der Waals surface area contributed by atoms with Crippen molar-refractivity contribution in [1.82, 2.24) is 0 Å². The van der Waals surface area contributed by atoms with Crippen molar-refractivity contribution in [3.05, 3.63) is 68.8 Å². The summed E-state index contributed by atoms with van der Waals surface area (Å²) in [6, 6.07) is 8.56. The maximum atomic E-state index is 13.4. The number of hydrogen-bond donors (Lipinski definition) is 12. The van der Waals surface area contributed by atoms with Gasteiger partial charge in [-0.1, -0.05) is 107 Å². The molecule has 308 valence electrons. The smallest absolute Gasteiger partial charge is 0.334 e. The van der Waals surface area contributed by atoms with Gasteiger partial charge in [-0.2, -0.15) is 0 Å². The highest BCUT2D eigenvalue weighted by atomic mass is 31.2. The van der Waals surface area contributed by atoms with Gasteiger partial charge in [-0.25, -0.2) is 8.62 Å². The lowest BCUT2D eigenvalue weighted by molar-refractivity contribution is -0.137. The zero-order chi connectivity index (χ0) is 42.3. The lowest BCUT2D eigenvalue weighted by Crippen LogP contribution is -2.56. The number of aliphatic hydroxyl groups excluding tert-OH is 3. The quantitative estimate of drug-likeness (QED) is 0.131. The predicted octanol–water partition coefficient (Wildman–Crippen LogP) is 5.54. The van der Waals surface area contributed by atoms with Crippen LogP contribution in [0.15, 0.2) is 24.3 Å². The maximum absolute atomic E-state index is 13.4. The van der Waals surface area contributed by atoms with Crippen LogP contribution in [0.2, 0.25) is 0 Å². The van der Waals surface area contributed by atoms with Crippen molar-refractivity contribution < 1.29 is 68.2 Å². The fourth-order valence-corrected chi connectivity index (χ4v) is 6.91. The molecule has 0 aliphatic rings. The lowest BCUT2D eigenvalue weighted by Gasteiger charge is -2.50. The highest BCUT2D eigenvalue weighted by Crippen LogP contribution is 2.54. The summed E-state index contributed by atoms with van der Waals surface area (Å²) in [5.74, 6) is 0. The Labute approximate surface area is 320 Å². The Kier molecular flexibility index (Phi) is 20.2. The first kappa shape index (κ1) is 52.6. The van der Waals surface area contributed by atoms with Crippen molar-refractivity contribution in [3.8, 4) is 0 Å². The molecule has 2 aromatic carbocycles. The van der Waals surface area contributed by atoms with Crippen LogP contribution in [0.5, 0.6) is 0 Å². The van der Waals surface area contributed by atoms with Crippen LogP contribution in [0.3, 0.4) is 0 Å². The predicted molar refractivity (Wildman–Crippen MR) is 211 cm³/mol. The maximum Gasteiger partial charge on any atom is 0.334 e. The Morgan fingerprint density at radius 3 is 0.849 bits per heavy atom. The average molecular weight is 833 g/mol. The Hall–Kier alpha value is -0.400. The third-order valence-corrected chi connectivity index (χ3v) is 11.0. The second kappa shape index (κ2) is 20.3. The number of aliphatic hydroxyl groups is 4. The SMILES string of the molecule is Cc1cc(C(C)(C)C)cc(C(C)(C)C)c1C(O)(c1c(C)cc(C(C)(C)C)cc1C(C)(C)C)C(CO)(CO)CO.OP(O)OP(O)O.OP(O)OP(O)O. The molecule has 0 heterocycles. The largest absolute Gasteiger partial charge is 0.395 e. The Bertz CT molecular complexity index is 1320. The summed E-state index contributed by atoms with van der Waals surface area (Å²) in [5, 5.41) is 46.1. The van der Waals surface area contributed by atoms with Crippen LogP contribution in [0.1, 0.15) is 128 Å². The van der Waals surface area contributed by atoms with E-state index in [2.05, 4.69) is 116 Å². The van der Waals surface area contributed by atoms with E-state index in [-0.39, 0.29) is 21.7 Å². The Balaban J connectivity index is 0.00000162. The second-order valence-corrected chi connectivity index (χ2v) is 20.4. The fourth-order valence-electron chi connectivity index (χ4n) is 5.86. The van der Waals surface area contributed by atoms with Gasteiger partial charge in [0.1, 0.15) is 5.60 Å². The molecule has 0 unspecified atom stereocenters. The van der Waals surface area contributed by atoms with E-state index in [1.165, 1.54) is 0 Å². The molecule has 0 bridgehead atoms. The van der Waals surface area contributed by atoms with Gasteiger partial charge in [0.15, 0.2) is 0 Å². The molecule has 0 aliphatic heterocycles. The van der Waals surface area contributed by atoms with E-state index in [0.29, 0.717) is 11.1 Å². The van der Waals surface area contributed by atoms with Gasteiger partial charge in [-0.15, -0.1) is 0 Å². The highest BCUT2D eigenvalue weighted by Gasteiger charge is 2.56. The second-order valence-electron chi connectivity index (χ2n) is 17.1. The van der Waals surface area contributed by atoms with E-state index >= 15 is 0 Å². The van der Waals surface area contributed by atoms with Gasteiger partial charge >= 0.3 is 34.4 Å². The molecule has 0 fully saturated rings. The van der Waals surface area contributed by atoms with E-state index < -0.39 is 65.2 Å². The first-order valence-corrected chi connectivity index (χ1v) is 21.3. The van der Waals surface area contributed by atoms with Crippen LogP contribution in [0, 0.1) is 19.3 Å². The third kappa shape index (κ3) is 14.5. The Morgan fingerprint density at radius 2 is 0.698 bits per heavy atom. The molecule has 18 heteroatoms. The normalized spacial score (nSPS) is 13.4. The molecule has 0 aliphatic carbocycles. The van der Waals surface area contributed by atoms with Crippen LogP contribution in [-0.4, -0.2) is 79.4 Å². The topological polar surface area (TPSA) is 261 Å². The minimum absolute atomic E-state index is 0.121. The van der Waals surface area contributed by atoms with Crippen molar-refractivity contribution in [2.75, 3.05) is 19.8 Å². The molecular weight excluding hydrogens is 768 g/mol. The molecule has 0 aromatic heterocycles. The minimum atomic E-state index is -2.61. The average Bonchev–Trinajstić information content (AvgIpc) is 2.94. The lowest BCUT2D eigenvalue weighted by atomic mass is 9.58. The van der Waals surface area contributed by atoms with Crippen LogP contribution in [0.4, 0.5) is 0 Å². The summed E-state index contributed by atoms with van der Waals surface area (Å²) in [6.07, 6.45) is 0. The summed E-state index contributed by atoms with van der Waals surface area (Å²) in [4.78, 5) is 62.5. The van der Waals surface area contributed by atoms with E-state index in [0.717, 1.165) is 33.4 Å². The van der Waals surface area contributed by atoms with E-state index in [4.69, 9.17) is 39.1 Å². The van der Waals surface area contributed by atoms with Gasteiger partial charge < -0.3 is 59.6 Å². The van der Waals surface area contributed by atoms with E-state index in [9.17, 15) is 20.4 Å². The molecule has 0 saturated heterocycles. The van der Waals surface area contributed by atoms with Gasteiger partial charge in [0.2, 0.25) is 0 Å². The standard InChI is InChI=1S/C35H56O4.2H4O5P2/c1-22-15-24(30(3,4)5)17-26(32(9,10)11)28(22)35(39,34(19-36,20-37)21-38)29-23(2)16-25(31(6,7)8)18-27(29)33(12,13)14;2*1-6(2)5-7(3)4/h15-18,36-39H,19-21H2,1-14H3;2*1-4H. The van der Waals surface area contributed by atoms with Crippen LogP contribution < -0.4 is 0 Å². The number of aryl methyl sites for hydroxylation is 2. The molecule has 0 spiro atoms. The van der Waals surface area contributed by atoms with Crippen LogP contribution in [-0.2, 0) is 35.9 Å². The van der Waals surface area contributed by atoms with Gasteiger partial charge in [0.25, 0.3) is 0 Å². The monoisotopic (exact) mass is 832 g/mol. The summed E-state index contributed by atoms with van der Waals surface area (Å²) in [7, 11) is -10.4. The summed E-state index contributed by atoms with van der Waals surface area (Å²) >= 11 is 0. The van der Waals surface area contributed by atoms with E-state index in [1.807, 2.05) is 13.8 Å². The molecule has 14 nitrogen and oxygen atoms in total. The van der Waals surface area contributed by atoms with Crippen molar-refractivity contribution in [2.45, 2.75) is 124 Å². The van der Waals surface area contributed by atoms with Crippen molar-refractivity contribution in [1.29, 1.82) is 0 Å². The molecule has 2 aromatic rings. The molecular formula is C35H64O14P4. The molecule has 0 atom stereocenters. The number of hydrogen-bond acceptors (Lipinski definition) is 14. The first-order valence-electron chi connectivity index (χ1n) is 16.6. The molecule has 12 N–H and O–H groups in total. The molecule has 2 rings (SSSR count). The third-order valence-electron chi connectivity index (χ3n) is 8.71. The molecule has 0 saturated carbocycles. The fraction of sp³-hybridized carbons (Fsp3) is 0.657. The van der Waals surface area contributed by atoms with Crippen molar-refractivity contribution in [3.63, 3.8) is 0 Å². The number of rotatable bonds is 10. The summed E-state index contributed by atoms with van der Waals surface area (Å²) in [6.45, 7) is 28.0. The summed E-state index contributed by atoms with van der Waals surface area (Å²) < 4.78 is 7.20. The van der Waals surface area contributed by atoms with Gasteiger partial charge in [-0.05, 0) is 80.0 Å². The minimum Gasteiger partial charge on any atom is -0.395 e. The van der Waals surface area contributed by atoms with Crippen molar-refractivity contribution in [2.24, 2.45) is 5.41 Å². The highest BCUT2D eigenvalue weighted by molar-refractivity contribution is 7.53. The molecule has 0 radical (unpaired) electrons. The Morgan fingerprint density at radius 1 is 0.453 bits per heavy atom. The van der Waals surface area contributed by atoms with Gasteiger partial charge in [0.05, 0.1) is 25.2 Å². The zero-order valence-corrected chi connectivity index (χ0v) is 37.0. The zero-order valence-electron chi connectivity index (χ0n) is 33.4. The van der Waals surface area contributed by atoms with E-state index in [1.54, 1.807) is 0 Å². The van der Waals surface area contributed by atoms with Gasteiger partial charge in [0, 0.05) is 0 Å². The first-order chi connectivity index (χ1) is 23.7. The number of benzene rings is 2. The molecule has 0 amide bonds. The van der Waals surface area contributed by atoms with Gasteiger partial charge in [-0.3, -0.25) is 0 Å².